The highest BCUT2D eigenvalue weighted by Gasteiger charge is 2.10. The average Bonchev–Trinajstić information content (AvgIpc) is 2.16. The molecule has 4 heteroatoms. The van der Waals surface area contributed by atoms with Crippen molar-refractivity contribution in [1.29, 1.82) is 0 Å². The summed E-state index contributed by atoms with van der Waals surface area (Å²) in [6.07, 6.45) is 0. The molecule has 3 nitrogen and oxygen atoms in total. The minimum atomic E-state index is -4.22. The van der Waals surface area contributed by atoms with Crippen LogP contribution < -0.4 is 0 Å². The van der Waals surface area contributed by atoms with Crippen molar-refractivity contribution in [2.45, 2.75) is 5.75 Å². The minimum Gasteiger partial charge on any atom is -0.197 e. The number of fused-ring (bicyclic) bond motifs is 1. The highest BCUT2D eigenvalue weighted by atomic mass is 32.2. The van der Waals surface area contributed by atoms with Crippen LogP contribution in [0.1, 0.15) is 5.56 Å². The van der Waals surface area contributed by atoms with Gasteiger partial charge in [-0.25, -0.2) is 0 Å². The smallest absolute Gasteiger partial charge is 0.197 e. The van der Waals surface area contributed by atoms with Crippen LogP contribution in [0.25, 0.3) is 10.8 Å². The molecule has 2 rings (SSSR count). The maximum atomic E-state index is 10.7. The van der Waals surface area contributed by atoms with E-state index >= 15 is 0 Å². The summed E-state index contributed by atoms with van der Waals surface area (Å²) in [5, 5.41) is 1.76. The lowest BCUT2D eigenvalue weighted by Crippen LogP contribution is -2.00. The zero-order valence-electron chi connectivity index (χ0n) is 7.88. The van der Waals surface area contributed by atoms with Gasteiger partial charge >= 0.3 is 0 Å². The summed E-state index contributed by atoms with van der Waals surface area (Å²) in [5.74, 6) is -0.450. The molecule has 0 amide bonds. The van der Waals surface area contributed by atoms with E-state index in [0.29, 0.717) is 5.56 Å². The molecule has 2 aromatic rings. The fourth-order valence-electron chi connectivity index (χ4n) is 1.61. The van der Waals surface area contributed by atoms with Crippen molar-refractivity contribution < 1.29 is 13.0 Å². The molecule has 0 bridgehead atoms. The Bertz CT molecular complexity index is 582. The molecule has 0 heterocycles. The summed E-state index contributed by atoms with van der Waals surface area (Å²) in [7, 11) is -4.22. The van der Waals surface area contributed by atoms with Gasteiger partial charge < -0.3 is 0 Å². The lowest BCUT2D eigenvalue weighted by atomic mass is 10.1. The third-order valence-electron chi connectivity index (χ3n) is 2.21. The standard InChI is InChI=1S/C11H9O3S/c12-15(13,14)8-10-6-3-5-9-4-1-2-7-11(9)10/h1-7H,8H2. The molecule has 0 aromatic heterocycles. The number of hydrogen-bond acceptors (Lipinski definition) is 2. The molecule has 0 saturated carbocycles. The Hall–Kier alpha value is -1.39. The topological polar surface area (TPSA) is 54.0 Å². The molecular formula is C11H9O3S. The second kappa shape index (κ2) is 3.64. The van der Waals surface area contributed by atoms with Gasteiger partial charge in [0.05, 0.1) is 0 Å². The first-order valence-corrected chi connectivity index (χ1v) is 6.04. The van der Waals surface area contributed by atoms with Gasteiger partial charge in [0.1, 0.15) is 5.75 Å². The van der Waals surface area contributed by atoms with Crippen LogP contribution in [-0.2, 0) is 20.4 Å². The van der Waals surface area contributed by atoms with Crippen LogP contribution in [0.5, 0.6) is 0 Å². The summed E-state index contributed by atoms with van der Waals surface area (Å²) < 4.78 is 32.1. The molecule has 0 N–H and O–H groups in total. The summed E-state index contributed by atoms with van der Waals surface area (Å²) in [6.45, 7) is 0. The molecule has 0 unspecified atom stereocenters. The van der Waals surface area contributed by atoms with Gasteiger partial charge in [-0.3, -0.25) is 0 Å². The van der Waals surface area contributed by atoms with Gasteiger partial charge in [0.25, 0.3) is 10.1 Å². The van der Waals surface area contributed by atoms with Gasteiger partial charge in [-0.1, -0.05) is 47.0 Å². The molecule has 2 aromatic carbocycles. The van der Waals surface area contributed by atoms with Crippen molar-refractivity contribution in [3.05, 3.63) is 48.0 Å². The fourth-order valence-corrected chi connectivity index (χ4v) is 2.24. The molecule has 0 aliphatic heterocycles. The number of rotatable bonds is 2. The second-order valence-corrected chi connectivity index (χ2v) is 4.74. The molecule has 0 spiro atoms. The molecule has 0 saturated heterocycles. The molecular weight excluding hydrogens is 212 g/mol. The second-order valence-electron chi connectivity index (χ2n) is 3.34. The fraction of sp³-hybridized carbons (Fsp3) is 0.0909. The predicted octanol–water partition coefficient (Wildman–Crippen LogP) is 2.10. The maximum absolute atomic E-state index is 10.7. The highest BCUT2D eigenvalue weighted by Crippen LogP contribution is 2.19. The SMILES string of the molecule is [O]S(=O)(=O)Cc1cccc2ccccc12. The Morgan fingerprint density at radius 1 is 0.933 bits per heavy atom. The molecule has 77 valence electrons. The van der Waals surface area contributed by atoms with Gasteiger partial charge in [0.2, 0.25) is 0 Å². The van der Waals surface area contributed by atoms with Crippen molar-refractivity contribution in [3.8, 4) is 0 Å². The lowest BCUT2D eigenvalue weighted by molar-refractivity contribution is 0.413. The van der Waals surface area contributed by atoms with Crippen LogP contribution in [0.15, 0.2) is 42.5 Å². The van der Waals surface area contributed by atoms with Crippen LogP contribution in [0.4, 0.5) is 0 Å². The predicted molar refractivity (Wildman–Crippen MR) is 57.3 cm³/mol. The monoisotopic (exact) mass is 221 g/mol. The van der Waals surface area contributed by atoms with Crippen LogP contribution in [0.3, 0.4) is 0 Å². The van der Waals surface area contributed by atoms with Gasteiger partial charge in [0, 0.05) is 0 Å². The van der Waals surface area contributed by atoms with Gasteiger partial charge in [-0.05, 0) is 16.3 Å². The zero-order valence-corrected chi connectivity index (χ0v) is 8.70. The van der Waals surface area contributed by atoms with Gasteiger partial charge in [0.15, 0.2) is 0 Å². The molecule has 1 radical (unpaired) electrons. The van der Waals surface area contributed by atoms with Crippen molar-refractivity contribution >= 4 is 20.9 Å². The van der Waals surface area contributed by atoms with Crippen LogP contribution in [0, 0.1) is 0 Å². The van der Waals surface area contributed by atoms with Crippen molar-refractivity contribution in [1.82, 2.24) is 0 Å². The minimum absolute atomic E-state index is 0.450. The third kappa shape index (κ3) is 2.34. The molecule has 0 aliphatic carbocycles. The van der Waals surface area contributed by atoms with Crippen molar-refractivity contribution in [3.63, 3.8) is 0 Å². The van der Waals surface area contributed by atoms with Crippen LogP contribution >= 0.6 is 0 Å². The Kier molecular flexibility index (Phi) is 2.46. The van der Waals surface area contributed by atoms with Crippen LogP contribution in [-0.4, -0.2) is 8.42 Å². The zero-order chi connectivity index (χ0) is 10.9. The Morgan fingerprint density at radius 2 is 1.60 bits per heavy atom. The van der Waals surface area contributed by atoms with Crippen molar-refractivity contribution in [2.75, 3.05) is 0 Å². The maximum Gasteiger partial charge on any atom is 0.298 e. The highest BCUT2D eigenvalue weighted by molar-refractivity contribution is 7.84. The van der Waals surface area contributed by atoms with E-state index in [9.17, 15) is 13.0 Å². The number of benzene rings is 2. The summed E-state index contributed by atoms with van der Waals surface area (Å²) in [5.41, 5.74) is 0.558. The summed E-state index contributed by atoms with van der Waals surface area (Å²) >= 11 is 0. The van der Waals surface area contributed by atoms with E-state index in [0.717, 1.165) is 10.8 Å². The molecule has 0 atom stereocenters. The van der Waals surface area contributed by atoms with Gasteiger partial charge in [-0.2, -0.15) is 8.42 Å². The average molecular weight is 221 g/mol. The molecule has 0 fully saturated rings. The number of hydrogen-bond donors (Lipinski definition) is 0. The van der Waals surface area contributed by atoms with Gasteiger partial charge in [-0.15, -0.1) is 0 Å². The lowest BCUT2D eigenvalue weighted by Gasteiger charge is -2.03. The largest absolute Gasteiger partial charge is 0.298 e. The third-order valence-corrected chi connectivity index (χ3v) is 2.88. The van der Waals surface area contributed by atoms with E-state index in [4.69, 9.17) is 0 Å². The quantitative estimate of drug-likeness (QED) is 0.779. The normalized spacial score (nSPS) is 11.8. The van der Waals surface area contributed by atoms with E-state index in [1.54, 1.807) is 12.1 Å². The molecule has 0 aliphatic rings. The van der Waals surface area contributed by atoms with E-state index in [1.165, 1.54) is 0 Å². The summed E-state index contributed by atoms with van der Waals surface area (Å²) in [4.78, 5) is 0. The van der Waals surface area contributed by atoms with E-state index in [2.05, 4.69) is 0 Å². The Labute approximate surface area is 88.1 Å². The first-order chi connectivity index (χ1) is 7.06. The Balaban J connectivity index is 2.61. The van der Waals surface area contributed by atoms with Crippen LogP contribution in [0.2, 0.25) is 0 Å². The molecule has 15 heavy (non-hydrogen) atoms. The summed E-state index contributed by atoms with van der Waals surface area (Å²) in [6, 6.07) is 12.7. The first-order valence-electron chi connectivity index (χ1n) is 4.46. The van der Waals surface area contributed by atoms with E-state index in [1.807, 2.05) is 30.3 Å². The first kappa shape index (κ1) is 10.1. The van der Waals surface area contributed by atoms with Crippen molar-refractivity contribution in [2.24, 2.45) is 0 Å². The van der Waals surface area contributed by atoms with E-state index < -0.39 is 15.9 Å². The van der Waals surface area contributed by atoms with E-state index in [-0.39, 0.29) is 0 Å². The Morgan fingerprint density at radius 3 is 2.33 bits per heavy atom.